The molecule has 0 radical (unpaired) electrons. The molecule has 4 heteroatoms. The van der Waals surface area contributed by atoms with Crippen LogP contribution >= 0.6 is 0 Å². The Hall–Kier alpha value is -2.36. The molecule has 4 nitrogen and oxygen atoms in total. The molecule has 0 atom stereocenters. The number of rotatable bonds is 4. The number of nitrogens with two attached hydrogens (primary N) is 1. The fraction of sp³-hybridized carbons (Fsp3) is 0.294. The first-order valence-electron chi connectivity index (χ1n) is 6.90. The predicted octanol–water partition coefficient (Wildman–Crippen LogP) is 3.24. The number of para-hydroxylation sites is 1. The Morgan fingerprint density at radius 2 is 1.90 bits per heavy atom. The van der Waals surface area contributed by atoms with Crippen molar-refractivity contribution in [3.63, 3.8) is 0 Å². The van der Waals surface area contributed by atoms with Crippen molar-refractivity contribution in [3.05, 3.63) is 59.4 Å². The zero-order valence-corrected chi connectivity index (χ0v) is 12.7. The number of hydrogen-bond acceptors (Lipinski definition) is 3. The Bertz CT molecular complexity index is 644. The van der Waals surface area contributed by atoms with Gasteiger partial charge < -0.3 is 10.5 Å². The van der Waals surface area contributed by atoms with E-state index in [1.807, 2.05) is 30.3 Å². The molecule has 0 saturated carbocycles. The molecule has 21 heavy (non-hydrogen) atoms. The van der Waals surface area contributed by atoms with Crippen LogP contribution in [0.4, 0.5) is 0 Å². The summed E-state index contributed by atoms with van der Waals surface area (Å²) in [6.45, 7) is 6.80. The highest BCUT2D eigenvalue weighted by molar-refractivity contribution is 5.94. The van der Waals surface area contributed by atoms with Crippen molar-refractivity contribution in [1.29, 1.82) is 5.41 Å². The van der Waals surface area contributed by atoms with Gasteiger partial charge in [0.25, 0.3) is 0 Å². The van der Waals surface area contributed by atoms with Crippen LogP contribution in [0.1, 0.15) is 37.6 Å². The Kier molecular flexibility index (Phi) is 4.26. The van der Waals surface area contributed by atoms with Crippen LogP contribution in [0.5, 0.6) is 5.75 Å². The number of benzene rings is 1. The van der Waals surface area contributed by atoms with Crippen LogP contribution in [0.3, 0.4) is 0 Å². The van der Waals surface area contributed by atoms with Gasteiger partial charge in [-0.25, -0.2) is 0 Å². The van der Waals surface area contributed by atoms with Gasteiger partial charge in [-0.2, -0.15) is 0 Å². The average Bonchev–Trinajstić information content (AvgIpc) is 2.44. The summed E-state index contributed by atoms with van der Waals surface area (Å²) >= 11 is 0. The van der Waals surface area contributed by atoms with Crippen LogP contribution in [0, 0.1) is 5.41 Å². The van der Waals surface area contributed by atoms with Gasteiger partial charge in [-0.1, -0.05) is 45.0 Å². The topological polar surface area (TPSA) is 72.0 Å². The predicted molar refractivity (Wildman–Crippen MR) is 84.7 cm³/mol. The molecular formula is C17H21N3O. The van der Waals surface area contributed by atoms with Crippen LogP contribution in [0.2, 0.25) is 0 Å². The lowest BCUT2D eigenvalue weighted by Gasteiger charge is -2.22. The second-order valence-electron chi connectivity index (χ2n) is 5.96. The van der Waals surface area contributed by atoms with Gasteiger partial charge in [-0.3, -0.25) is 10.4 Å². The van der Waals surface area contributed by atoms with E-state index in [0.29, 0.717) is 12.3 Å². The highest BCUT2D eigenvalue weighted by Crippen LogP contribution is 2.31. The molecule has 0 unspecified atom stereocenters. The van der Waals surface area contributed by atoms with E-state index >= 15 is 0 Å². The summed E-state index contributed by atoms with van der Waals surface area (Å²) in [7, 11) is 0. The molecule has 0 spiro atoms. The number of hydrogen-bond donors (Lipinski definition) is 2. The molecule has 2 aromatic rings. The van der Waals surface area contributed by atoms with Crippen molar-refractivity contribution in [2.45, 2.75) is 32.8 Å². The van der Waals surface area contributed by atoms with Crippen molar-refractivity contribution in [3.8, 4) is 5.75 Å². The van der Waals surface area contributed by atoms with Gasteiger partial charge in [0.1, 0.15) is 23.9 Å². The summed E-state index contributed by atoms with van der Waals surface area (Å²) in [6, 6.07) is 11.7. The van der Waals surface area contributed by atoms with Gasteiger partial charge in [0.05, 0.1) is 0 Å². The molecule has 0 aliphatic rings. The minimum absolute atomic E-state index is 0.00887. The minimum atomic E-state index is -0.0432. The van der Waals surface area contributed by atoms with Crippen molar-refractivity contribution in [1.82, 2.24) is 4.98 Å². The number of ether oxygens (including phenoxy) is 1. The maximum Gasteiger partial charge on any atom is 0.142 e. The van der Waals surface area contributed by atoms with E-state index in [2.05, 4.69) is 31.8 Å². The zero-order valence-electron chi connectivity index (χ0n) is 12.7. The Labute approximate surface area is 125 Å². The molecule has 0 aliphatic heterocycles. The standard InChI is InChI=1S/C17H21N3O/c1-17(2,3)13-8-4-5-9-14(13)21-11-12-7-6-10-20-15(12)16(18)19/h4-10H,11H2,1-3H3,(H3,18,19). The Morgan fingerprint density at radius 1 is 1.19 bits per heavy atom. The van der Waals surface area contributed by atoms with E-state index < -0.39 is 0 Å². The van der Waals surface area contributed by atoms with Gasteiger partial charge in [-0.05, 0) is 23.1 Å². The smallest absolute Gasteiger partial charge is 0.142 e. The van der Waals surface area contributed by atoms with Crippen molar-refractivity contribution in [2.75, 3.05) is 0 Å². The van der Waals surface area contributed by atoms with E-state index in [-0.39, 0.29) is 11.3 Å². The molecule has 2 rings (SSSR count). The van der Waals surface area contributed by atoms with Crippen LogP contribution < -0.4 is 10.5 Å². The normalized spacial score (nSPS) is 11.2. The number of nitrogens with one attached hydrogen (secondary N) is 1. The fourth-order valence-corrected chi connectivity index (χ4v) is 2.17. The summed E-state index contributed by atoms with van der Waals surface area (Å²) in [6.07, 6.45) is 1.63. The van der Waals surface area contributed by atoms with E-state index in [9.17, 15) is 0 Å². The van der Waals surface area contributed by atoms with E-state index in [1.165, 1.54) is 0 Å². The monoisotopic (exact) mass is 283 g/mol. The maximum absolute atomic E-state index is 7.56. The molecule has 0 fully saturated rings. The largest absolute Gasteiger partial charge is 0.489 e. The lowest BCUT2D eigenvalue weighted by Crippen LogP contribution is -2.17. The van der Waals surface area contributed by atoms with Crippen LogP contribution in [0.25, 0.3) is 0 Å². The van der Waals surface area contributed by atoms with Crippen molar-refractivity contribution >= 4 is 5.84 Å². The molecule has 0 amide bonds. The molecule has 0 aliphatic carbocycles. The van der Waals surface area contributed by atoms with Crippen LogP contribution in [-0.4, -0.2) is 10.8 Å². The third kappa shape index (κ3) is 3.60. The van der Waals surface area contributed by atoms with Gasteiger partial charge in [-0.15, -0.1) is 0 Å². The maximum atomic E-state index is 7.56. The second-order valence-corrected chi connectivity index (χ2v) is 5.96. The van der Waals surface area contributed by atoms with E-state index in [1.54, 1.807) is 6.20 Å². The van der Waals surface area contributed by atoms with Crippen LogP contribution in [0.15, 0.2) is 42.6 Å². The highest BCUT2D eigenvalue weighted by atomic mass is 16.5. The third-order valence-electron chi connectivity index (χ3n) is 3.22. The number of pyridine rings is 1. The molecule has 1 aromatic carbocycles. The summed E-state index contributed by atoms with van der Waals surface area (Å²) in [5, 5.41) is 7.56. The van der Waals surface area contributed by atoms with Gasteiger partial charge in [0.15, 0.2) is 0 Å². The minimum Gasteiger partial charge on any atom is -0.489 e. The van der Waals surface area contributed by atoms with E-state index in [4.69, 9.17) is 15.9 Å². The average molecular weight is 283 g/mol. The van der Waals surface area contributed by atoms with Gasteiger partial charge >= 0.3 is 0 Å². The molecule has 1 aromatic heterocycles. The fourth-order valence-electron chi connectivity index (χ4n) is 2.17. The first-order chi connectivity index (χ1) is 9.89. The second kappa shape index (κ2) is 5.95. The molecular weight excluding hydrogens is 262 g/mol. The SMILES string of the molecule is CC(C)(C)c1ccccc1OCc1cccnc1C(=N)N. The van der Waals surface area contributed by atoms with Gasteiger partial charge in [0, 0.05) is 11.8 Å². The summed E-state index contributed by atoms with van der Waals surface area (Å²) in [5.74, 6) is 0.807. The lowest BCUT2D eigenvalue weighted by molar-refractivity contribution is 0.297. The number of aromatic nitrogens is 1. The van der Waals surface area contributed by atoms with Crippen molar-refractivity contribution < 1.29 is 4.74 Å². The van der Waals surface area contributed by atoms with E-state index in [0.717, 1.165) is 16.9 Å². The summed E-state index contributed by atoms with van der Waals surface area (Å²) in [4.78, 5) is 4.13. The lowest BCUT2D eigenvalue weighted by atomic mass is 9.86. The molecule has 110 valence electrons. The number of nitrogen functional groups attached to an aromatic ring is 1. The number of amidine groups is 1. The highest BCUT2D eigenvalue weighted by Gasteiger charge is 2.18. The quantitative estimate of drug-likeness (QED) is 0.668. The van der Waals surface area contributed by atoms with Gasteiger partial charge in [0.2, 0.25) is 0 Å². The zero-order chi connectivity index (χ0) is 15.5. The molecule has 3 N–H and O–H groups in total. The first kappa shape index (κ1) is 15.0. The molecule has 0 saturated heterocycles. The Balaban J connectivity index is 2.24. The summed E-state index contributed by atoms with van der Waals surface area (Å²) in [5.41, 5.74) is 8.00. The number of nitrogens with zero attached hydrogens (tertiary/aromatic N) is 1. The first-order valence-corrected chi connectivity index (χ1v) is 6.90. The molecule has 1 heterocycles. The summed E-state index contributed by atoms with van der Waals surface area (Å²) < 4.78 is 5.95. The molecule has 0 bridgehead atoms. The van der Waals surface area contributed by atoms with Crippen LogP contribution in [-0.2, 0) is 12.0 Å². The Morgan fingerprint density at radius 3 is 2.57 bits per heavy atom. The van der Waals surface area contributed by atoms with Crippen molar-refractivity contribution in [2.24, 2.45) is 5.73 Å². The third-order valence-corrected chi connectivity index (χ3v) is 3.22.